The average molecular weight is 349 g/mol. The van der Waals surface area contributed by atoms with Gasteiger partial charge in [0, 0.05) is 5.56 Å². The van der Waals surface area contributed by atoms with Crippen molar-refractivity contribution in [1.29, 1.82) is 0 Å². The molecule has 122 valence electrons. The minimum absolute atomic E-state index is 0.165. The molecule has 0 aliphatic rings. The number of para-hydroxylation sites is 1. The molecule has 0 saturated carbocycles. The van der Waals surface area contributed by atoms with Crippen LogP contribution in [0.4, 0.5) is 0 Å². The van der Waals surface area contributed by atoms with Crippen molar-refractivity contribution >= 4 is 34.7 Å². The van der Waals surface area contributed by atoms with E-state index in [4.69, 9.17) is 16.0 Å². The molecule has 0 aliphatic carbocycles. The van der Waals surface area contributed by atoms with E-state index in [0.29, 0.717) is 33.3 Å². The Balaban J connectivity index is 1.65. The number of hydrogen-bond donors (Lipinski definition) is 1. The molecule has 25 heavy (non-hydrogen) atoms. The molecule has 0 fully saturated rings. The topological polar surface area (TPSA) is 58.9 Å². The summed E-state index contributed by atoms with van der Waals surface area (Å²) in [5.41, 5.74) is 1.32. The Bertz CT molecular complexity index is 1140. The van der Waals surface area contributed by atoms with Gasteiger partial charge in [-0.15, -0.1) is 0 Å². The zero-order valence-electron chi connectivity index (χ0n) is 13.1. The van der Waals surface area contributed by atoms with Crippen LogP contribution in [0.2, 0.25) is 5.02 Å². The Morgan fingerprint density at radius 2 is 1.76 bits per heavy atom. The van der Waals surface area contributed by atoms with Crippen molar-refractivity contribution in [2.75, 3.05) is 0 Å². The predicted molar refractivity (Wildman–Crippen MR) is 100 cm³/mol. The van der Waals surface area contributed by atoms with Crippen molar-refractivity contribution < 1.29 is 4.42 Å². The van der Waals surface area contributed by atoms with Gasteiger partial charge in [0.05, 0.1) is 15.9 Å². The molecule has 4 rings (SSSR count). The number of aromatic amines is 1. The summed E-state index contributed by atoms with van der Waals surface area (Å²) >= 11 is 6.19. The Kier molecular flexibility index (Phi) is 3.96. The van der Waals surface area contributed by atoms with E-state index in [-0.39, 0.29) is 5.56 Å². The van der Waals surface area contributed by atoms with Crippen LogP contribution in [0.1, 0.15) is 11.6 Å². The number of halogens is 1. The lowest BCUT2D eigenvalue weighted by atomic mass is 10.2. The second-order valence-corrected chi connectivity index (χ2v) is 5.89. The largest absolute Gasteiger partial charge is 0.457 e. The van der Waals surface area contributed by atoms with Gasteiger partial charge in [0.1, 0.15) is 17.3 Å². The lowest BCUT2D eigenvalue weighted by Crippen LogP contribution is -2.09. The number of furan rings is 1. The Morgan fingerprint density at radius 1 is 0.960 bits per heavy atom. The van der Waals surface area contributed by atoms with Gasteiger partial charge in [0.25, 0.3) is 5.56 Å². The number of rotatable bonds is 3. The standard InChI is InChI=1S/C20H13ClN2O2/c21-16-7-3-1-5-14(16)18-11-9-13(25-18)10-12-19-22-17-8-4-2-6-15(17)20(24)23-19/h1-12H,(H,22,23,24). The summed E-state index contributed by atoms with van der Waals surface area (Å²) in [7, 11) is 0. The third-order valence-corrected chi connectivity index (χ3v) is 4.13. The summed E-state index contributed by atoms with van der Waals surface area (Å²) in [4.78, 5) is 19.2. The van der Waals surface area contributed by atoms with Crippen LogP contribution in [0.5, 0.6) is 0 Å². The molecule has 0 bridgehead atoms. The first kappa shape index (κ1) is 15.4. The van der Waals surface area contributed by atoms with E-state index < -0.39 is 0 Å². The molecule has 0 amide bonds. The number of benzene rings is 2. The maximum atomic E-state index is 12.1. The molecular formula is C20H13ClN2O2. The van der Waals surface area contributed by atoms with Crippen LogP contribution in [0.3, 0.4) is 0 Å². The lowest BCUT2D eigenvalue weighted by molar-refractivity contribution is 0.572. The highest BCUT2D eigenvalue weighted by atomic mass is 35.5. The normalized spacial score (nSPS) is 11.4. The minimum Gasteiger partial charge on any atom is -0.457 e. The summed E-state index contributed by atoms with van der Waals surface area (Å²) in [6.45, 7) is 0. The quantitative estimate of drug-likeness (QED) is 0.566. The third-order valence-electron chi connectivity index (χ3n) is 3.80. The molecule has 5 heteroatoms. The molecule has 1 N–H and O–H groups in total. The highest BCUT2D eigenvalue weighted by Crippen LogP contribution is 2.29. The van der Waals surface area contributed by atoms with Crippen molar-refractivity contribution in [3.8, 4) is 11.3 Å². The first-order chi connectivity index (χ1) is 12.2. The van der Waals surface area contributed by atoms with Crippen LogP contribution in [-0.2, 0) is 0 Å². The van der Waals surface area contributed by atoms with Crippen LogP contribution in [0, 0.1) is 0 Å². The summed E-state index contributed by atoms with van der Waals surface area (Å²) in [6, 6.07) is 18.4. The zero-order valence-corrected chi connectivity index (χ0v) is 13.8. The SMILES string of the molecule is O=c1[nH]c(C=Cc2ccc(-c3ccccc3Cl)o2)nc2ccccc12. The molecule has 0 spiro atoms. The van der Waals surface area contributed by atoms with E-state index >= 15 is 0 Å². The summed E-state index contributed by atoms with van der Waals surface area (Å²) < 4.78 is 5.80. The fourth-order valence-corrected chi connectivity index (χ4v) is 2.82. The molecule has 0 saturated heterocycles. The maximum Gasteiger partial charge on any atom is 0.259 e. The molecule has 2 heterocycles. The lowest BCUT2D eigenvalue weighted by Gasteiger charge is -1.99. The molecular weight excluding hydrogens is 336 g/mol. The van der Waals surface area contributed by atoms with Gasteiger partial charge in [-0.3, -0.25) is 4.79 Å². The second kappa shape index (κ2) is 6.42. The van der Waals surface area contributed by atoms with Gasteiger partial charge >= 0.3 is 0 Å². The van der Waals surface area contributed by atoms with Crippen molar-refractivity contribution in [2.45, 2.75) is 0 Å². The maximum absolute atomic E-state index is 12.1. The average Bonchev–Trinajstić information content (AvgIpc) is 3.09. The molecule has 0 aliphatic heterocycles. The fourth-order valence-electron chi connectivity index (χ4n) is 2.59. The predicted octanol–water partition coefficient (Wildman–Crippen LogP) is 5.01. The molecule has 2 aromatic heterocycles. The van der Waals surface area contributed by atoms with Gasteiger partial charge < -0.3 is 9.40 Å². The smallest absolute Gasteiger partial charge is 0.259 e. The van der Waals surface area contributed by atoms with Crippen molar-refractivity contribution in [3.63, 3.8) is 0 Å². The number of aromatic nitrogens is 2. The van der Waals surface area contributed by atoms with Crippen LogP contribution in [0.25, 0.3) is 34.4 Å². The number of nitrogens with one attached hydrogen (secondary N) is 1. The fraction of sp³-hybridized carbons (Fsp3) is 0. The van der Waals surface area contributed by atoms with Gasteiger partial charge in [0.15, 0.2) is 0 Å². The molecule has 4 aromatic rings. The van der Waals surface area contributed by atoms with E-state index in [0.717, 1.165) is 5.56 Å². The number of fused-ring (bicyclic) bond motifs is 1. The van der Waals surface area contributed by atoms with Gasteiger partial charge in [-0.1, -0.05) is 35.9 Å². The first-order valence-corrected chi connectivity index (χ1v) is 8.10. The van der Waals surface area contributed by atoms with Gasteiger partial charge in [0.2, 0.25) is 0 Å². The Hall–Kier alpha value is -3.11. The minimum atomic E-state index is -0.165. The second-order valence-electron chi connectivity index (χ2n) is 5.48. The first-order valence-electron chi connectivity index (χ1n) is 7.72. The summed E-state index contributed by atoms with van der Waals surface area (Å²) in [5.74, 6) is 1.80. The molecule has 2 aromatic carbocycles. The van der Waals surface area contributed by atoms with E-state index in [1.165, 1.54) is 0 Å². The number of H-pyrrole nitrogens is 1. The third kappa shape index (κ3) is 3.12. The van der Waals surface area contributed by atoms with Crippen LogP contribution < -0.4 is 5.56 Å². The zero-order chi connectivity index (χ0) is 17.2. The summed E-state index contributed by atoms with van der Waals surface area (Å²) in [5, 5.41) is 1.20. The Morgan fingerprint density at radius 3 is 2.64 bits per heavy atom. The van der Waals surface area contributed by atoms with Crippen molar-refractivity contribution in [1.82, 2.24) is 9.97 Å². The highest BCUT2D eigenvalue weighted by Gasteiger charge is 2.07. The van der Waals surface area contributed by atoms with E-state index in [1.807, 2.05) is 54.6 Å². The van der Waals surface area contributed by atoms with E-state index in [9.17, 15) is 4.79 Å². The molecule has 0 atom stereocenters. The Labute approximate surface area is 148 Å². The number of nitrogens with zero attached hydrogens (tertiary/aromatic N) is 1. The highest BCUT2D eigenvalue weighted by molar-refractivity contribution is 6.33. The van der Waals surface area contributed by atoms with Crippen LogP contribution in [-0.4, -0.2) is 9.97 Å². The van der Waals surface area contributed by atoms with Crippen molar-refractivity contribution in [2.24, 2.45) is 0 Å². The van der Waals surface area contributed by atoms with E-state index in [2.05, 4.69) is 9.97 Å². The molecule has 0 unspecified atom stereocenters. The summed E-state index contributed by atoms with van der Waals surface area (Å²) in [6.07, 6.45) is 3.47. The monoisotopic (exact) mass is 348 g/mol. The van der Waals surface area contributed by atoms with E-state index in [1.54, 1.807) is 18.2 Å². The van der Waals surface area contributed by atoms with Gasteiger partial charge in [-0.2, -0.15) is 0 Å². The molecule has 0 radical (unpaired) electrons. The van der Waals surface area contributed by atoms with Gasteiger partial charge in [-0.05, 0) is 48.6 Å². The molecule has 4 nitrogen and oxygen atoms in total. The van der Waals surface area contributed by atoms with Gasteiger partial charge in [-0.25, -0.2) is 4.98 Å². The number of hydrogen-bond acceptors (Lipinski definition) is 3. The van der Waals surface area contributed by atoms with Crippen LogP contribution >= 0.6 is 11.6 Å². The van der Waals surface area contributed by atoms with Crippen LogP contribution in [0.15, 0.2) is 69.9 Å². The van der Waals surface area contributed by atoms with Crippen molar-refractivity contribution in [3.05, 3.63) is 87.6 Å².